The first-order valence-electron chi connectivity index (χ1n) is 22.4. The maximum atomic E-state index is 14.0. The number of carboxylic acids is 1. The number of aliphatic carboxylic acids is 1. The minimum absolute atomic E-state index is 0.0580. The Bertz CT molecular complexity index is 2410. The maximum absolute atomic E-state index is 14.0. The van der Waals surface area contributed by atoms with E-state index < -0.39 is 66.4 Å². The molecular formula is C47H60N6O13. The van der Waals surface area contributed by atoms with Crippen LogP contribution in [0.5, 0.6) is 5.75 Å². The van der Waals surface area contributed by atoms with Crippen molar-refractivity contribution >= 4 is 46.4 Å². The number of cyclic esters (lactones) is 1. The number of para-hydroxylation sites is 1. The van der Waals surface area contributed by atoms with Gasteiger partial charge in [-0.2, -0.15) is 0 Å². The molecule has 3 aromatic rings. The van der Waals surface area contributed by atoms with Crippen LogP contribution >= 0.6 is 0 Å². The van der Waals surface area contributed by atoms with Crippen molar-refractivity contribution in [3.05, 3.63) is 76.0 Å². The molecule has 3 amide bonds. The number of hydrogen-bond acceptors (Lipinski definition) is 15. The van der Waals surface area contributed by atoms with Gasteiger partial charge in [0.1, 0.15) is 25.1 Å². The average Bonchev–Trinajstić information content (AvgIpc) is 3.65. The fraction of sp³-hybridized carbons (Fsp3) is 0.532. The number of nitrogens with one attached hydrogen (secondary N) is 2. The van der Waals surface area contributed by atoms with Crippen molar-refractivity contribution in [1.29, 1.82) is 0 Å². The standard InChI is InChI=1S/C47H60N6O13/c1-7-47(62)31-17-34-39-29(20-53(34)42(57)30(31)22-63-45(47)60)27(28-10-8-9-11-32(28)51-39)14-15-52(24(4)5)46(61)64-21-26-12-13-33(49-19-25(6)50-41(56)38(48)23(2)3)36(16-26)65-44-40(55)35(54)18-37(66-44)43(58)59/h8-13,16,23-25,34-35,37-38,40,44,49,54-55,62H,7,14-15,17-22,48H2,1-6H3,(H,50,56)(H,58,59)/t25-,34?,35-,37-,38-,40+,44+,47-/m0/s1. The number of carboxylic acid groups (broad SMARTS) is 1. The van der Waals surface area contributed by atoms with E-state index in [9.17, 15) is 44.4 Å². The normalized spacial score (nSPS) is 24.6. The number of aliphatic hydroxyl groups excluding tert-OH is 2. The first-order chi connectivity index (χ1) is 31.3. The Morgan fingerprint density at radius 3 is 2.53 bits per heavy atom. The summed E-state index contributed by atoms with van der Waals surface area (Å²) in [5, 5.41) is 49.2. The number of aliphatic hydroxyl groups is 3. The molecule has 1 fully saturated rings. The Morgan fingerprint density at radius 2 is 1.83 bits per heavy atom. The third kappa shape index (κ3) is 9.53. The molecule has 19 nitrogen and oxygen atoms in total. The van der Waals surface area contributed by atoms with E-state index in [2.05, 4.69) is 10.6 Å². The van der Waals surface area contributed by atoms with Crippen molar-refractivity contribution in [2.75, 3.05) is 25.0 Å². The molecule has 0 aliphatic carbocycles. The first kappa shape index (κ1) is 48.1. The van der Waals surface area contributed by atoms with Crippen molar-refractivity contribution in [3.8, 4) is 5.75 Å². The van der Waals surface area contributed by atoms with Gasteiger partial charge in [-0.05, 0) is 86.4 Å². The Balaban J connectivity index is 1.09. The van der Waals surface area contributed by atoms with Crippen LogP contribution in [-0.2, 0) is 53.0 Å². The highest BCUT2D eigenvalue weighted by Crippen LogP contribution is 2.48. The number of fused-ring (bicyclic) bond motifs is 4. The van der Waals surface area contributed by atoms with E-state index in [-0.39, 0.29) is 81.6 Å². The Hall–Kier alpha value is -5.86. The van der Waals surface area contributed by atoms with E-state index in [0.717, 1.165) is 16.5 Å². The van der Waals surface area contributed by atoms with Gasteiger partial charge in [0.25, 0.3) is 5.91 Å². The number of rotatable bonds is 16. The number of nitrogens with two attached hydrogens (primary N) is 1. The second-order valence-electron chi connectivity index (χ2n) is 18.1. The first-order valence-corrected chi connectivity index (χ1v) is 22.4. The summed E-state index contributed by atoms with van der Waals surface area (Å²) in [6.07, 6.45) is -6.34. The van der Waals surface area contributed by atoms with Gasteiger partial charge in [0.2, 0.25) is 12.2 Å². The largest absolute Gasteiger partial charge is 0.479 e. The van der Waals surface area contributed by atoms with Gasteiger partial charge < -0.3 is 65.5 Å². The van der Waals surface area contributed by atoms with Crippen molar-refractivity contribution < 1.29 is 63.3 Å². The second kappa shape index (κ2) is 19.5. The molecule has 8 N–H and O–H groups in total. The third-order valence-electron chi connectivity index (χ3n) is 13.0. The average molecular weight is 917 g/mol. The van der Waals surface area contributed by atoms with Crippen LogP contribution in [0.25, 0.3) is 10.9 Å². The number of carbonyl (C=O) groups is 5. The summed E-state index contributed by atoms with van der Waals surface area (Å²) in [7, 11) is 0. The third-order valence-corrected chi connectivity index (χ3v) is 13.0. The molecule has 0 saturated carbocycles. The number of carbonyl (C=O) groups excluding carboxylic acids is 4. The summed E-state index contributed by atoms with van der Waals surface area (Å²) in [5.74, 6) is -2.72. The lowest BCUT2D eigenvalue weighted by atomic mass is 9.79. The zero-order valence-corrected chi connectivity index (χ0v) is 38.0. The summed E-state index contributed by atoms with van der Waals surface area (Å²) in [6, 6.07) is 10.6. The van der Waals surface area contributed by atoms with Gasteiger partial charge >= 0.3 is 18.0 Å². The number of hydrogen-bond donors (Lipinski definition) is 7. The topological polar surface area (TPSA) is 273 Å². The van der Waals surface area contributed by atoms with Gasteiger partial charge in [0.05, 0.1) is 40.7 Å². The SMILES string of the molecule is CC[C@@]1(O)C(=O)OCC2=C1CC1c3nc4ccccc4c(CCN(C(=O)OCc4ccc(NC[C@H](C)NC(=O)[C@@H](N)C(C)C)c(O[C@@H]5O[C@H](C(=O)O)C[C@H](O)[C@H]5O)c4)C(C)C)c3CN1C2=O. The van der Waals surface area contributed by atoms with E-state index in [4.69, 9.17) is 29.7 Å². The van der Waals surface area contributed by atoms with Crippen molar-refractivity contribution in [3.63, 3.8) is 0 Å². The molecule has 1 saturated heterocycles. The van der Waals surface area contributed by atoms with E-state index in [1.807, 2.05) is 52.0 Å². The highest BCUT2D eigenvalue weighted by molar-refractivity contribution is 6.01. The fourth-order valence-electron chi connectivity index (χ4n) is 8.95. The zero-order valence-electron chi connectivity index (χ0n) is 38.0. The lowest BCUT2D eigenvalue weighted by Crippen LogP contribution is -2.52. The quantitative estimate of drug-likeness (QED) is 0.102. The Kier molecular flexibility index (Phi) is 14.2. The molecule has 8 atom stereocenters. The van der Waals surface area contributed by atoms with E-state index in [1.165, 1.54) is 0 Å². The van der Waals surface area contributed by atoms with Gasteiger partial charge in [-0.25, -0.2) is 14.4 Å². The molecule has 2 aromatic carbocycles. The van der Waals surface area contributed by atoms with Gasteiger partial charge in [-0.3, -0.25) is 14.6 Å². The number of anilines is 1. The van der Waals surface area contributed by atoms with Crippen LogP contribution in [0.2, 0.25) is 0 Å². The van der Waals surface area contributed by atoms with Crippen LogP contribution < -0.4 is 21.1 Å². The molecule has 4 aliphatic heterocycles. The molecule has 356 valence electrons. The van der Waals surface area contributed by atoms with Crippen LogP contribution in [0.15, 0.2) is 53.6 Å². The fourth-order valence-corrected chi connectivity index (χ4v) is 8.95. The van der Waals surface area contributed by atoms with Crippen LogP contribution in [0, 0.1) is 5.92 Å². The summed E-state index contributed by atoms with van der Waals surface area (Å²) < 4.78 is 22.7. The highest BCUT2D eigenvalue weighted by atomic mass is 16.7. The predicted octanol–water partition coefficient (Wildman–Crippen LogP) is 2.81. The van der Waals surface area contributed by atoms with E-state index in [0.29, 0.717) is 40.0 Å². The van der Waals surface area contributed by atoms with Crippen LogP contribution in [0.3, 0.4) is 0 Å². The number of aromatic nitrogens is 1. The van der Waals surface area contributed by atoms with Gasteiger partial charge in [-0.1, -0.05) is 45.0 Å². The number of pyridine rings is 1. The number of esters is 1. The summed E-state index contributed by atoms with van der Waals surface area (Å²) in [6.45, 7) is 11.1. The molecule has 5 heterocycles. The molecular weight excluding hydrogens is 857 g/mol. The van der Waals surface area contributed by atoms with Crippen LogP contribution in [-0.4, -0.2) is 133 Å². The lowest BCUT2D eigenvalue weighted by molar-refractivity contribution is -0.238. The monoisotopic (exact) mass is 916 g/mol. The van der Waals surface area contributed by atoms with E-state index >= 15 is 0 Å². The van der Waals surface area contributed by atoms with Gasteiger partial charge in [-0.15, -0.1) is 0 Å². The molecule has 66 heavy (non-hydrogen) atoms. The number of ether oxygens (including phenoxy) is 4. The van der Waals surface area contributed by atoms with Crippen LogP contribution in [0.4, 0.5) is 10.5 Å². The molecule has 1 unspecified atom stereocenters. The molecule has 0 radical (unpaired) electrons. The highest BCUT2D eigenvalue weighted by Gasteiger charge is 2.53. The van der Waals surface area contributed by atoms with Gasteiger partial charge in [0, 0.05) is 43.5 Å². The summed E-state index contributed by atoms with van der Waals surface area (Å²) in [4.78, 5) is 73.4. The molecule has 7 rings (SSSR count). The maximum Gasteiger partial charge on any atom is 0.410 e. The number of amides is 3. The second-order valence-corrected chi connectivity index (χ2v) is 18.1. The molecule has 0 bridgehead atoms. The van der Waals surface area contributed by atoms with Crippen molar-refractivity contribution in [2.24, 2.45) is 11.7 Å². The lowest BCUT2D eigenvalue weighted by Gasteiger charge is -2.41. The number of benzene rings is 2. The molecule has 19 heteroatoms. The number of nitrogens with zero attached hydrogens (tertiary/aromatic N) is 3. The van der Waals surface area contributed by atoms with Crippen molar-refractivity contribution in [2.45, 2.75) is 135 Å². The minimum Gasteiger partial charge on any atom is -0.479 e. The summed E-state index contributed by atoms with van der Waals surface area (Å²) >= 11 is 0. The predicted molar refractivity (Wildman–Crippen MR) is 238 cm³/mol. The van der Waals surface area contributed by atoms with Crippen molar-refractivity contribution in [1.82, 2.24) is 20.1 Å². The smallest absolute Gasteiger partial charge is 0.410 e. The van der Waals surface area contributed by atoms with Gasteiger partial charge in [0.15, 0.2) is 11.7 Å². The van der Waals surface area contributed by atoms with Crippen LogP contribution in [0.1, 0.15) is 89.2 Å². The minimum atomic E-state index is -1.90. The van der Waals surface area contributed by atoms with E-state index in [1.54, 1.807) is 41.8 Å². The Morgan fingerprint density at radius 1 is 1.09 bits per heavy atom. The molecule has 0 spiro atoms. The molecule has 4 aliphatic rings. The zero-order chi connectivity index (χ0) is 47.8. The Labute approximate surface area is 382 Å². The summed E-state index contributed by atoms with van der Waals surface area (Å²) in [5.41, 5.74) is 8.79. The molecule has 1 aromatic heterocycles.